The lowest BCUT2D eigenvalue weighted by Gasteiger charge is -2.25. The lowest BCUT2D eigenvalue weighted by molar-refractivity contribution is 0.0305. The number of ether oxygens (including phenoxy) is 1. The predicted molar refractivity (Wildman–Crippen MR) is 77.0 cm³/mol. The summed E-state index contributed by atoms with van der Waals surface area (Å²) in [6, 6.07) is 7.16. The quantitative estimate of drug-likeness (QED) is 0.934. The number of anilines is 1. The molecule has 1 amide bonds. The van der Waals surface area contributed by atoms with Gasteiger partial charge in [0.1, 0.15) is 5.82 Å². The maximum Gasteiger partial charge on any atom is 0.277 e. The molecule has 0 spiro atoms. The number of amides is 1. The van der Waals surface area contributed by atoms with E-state index in [1.807, 2.05) is 0 Å². The van der Waals surface area contributed by atoms with Crippen molar-refractivity contribution in [2.45, 2.75) is 6.54 Å². The van der Waals surface area contributed by atoms with Gasteiger partial charge in [0, 0.05) is 24.8 Å². The van der Waals surface area contributed by atoms with E-state index in [0.29, 0.717) is 31.2 Å². The molecule has 1 aliphatic rings. The Morgan fingerprint density at radius 1 is 1.27 bits per heavy atom. The van der Waals surface area contributed by atoms with Crippen LogP contribution in [0.15, 0.2) is 34.9 Å². The summed E-state index contributed by atoms with van der Waals surface area (Å²) in [7, 11) is 0. The van der Waals surface area contributed by atoms with Gasteiger partial charge in [0.15, 0.2) is 11.5 Å². The van der Waals surface area contributed by atoms with E-state index in [1.165, 1.54) is 24.3 Å². The van der Waals surface area contributed by atoms with Crippen LogP contribution >= 0.6 is 0 Å². The largest absolute Gasteiger partial charge is 0.379 e. The molecule has 0 bridgehead atoms. The maximum atomic E-state index is 12.8. The topological polar surface area (TPSA) is 67.6 Å². The van der Waals surface area contributed by atoms with Gasteiger partial charge in [-0.25, -0.2) is 4.39 Å². The Morgan fingerprint density at radius 2 is 2.00 bits per heavy atom. The van der Waals surface area contributed by atoms with Gasteiger partial charge in [0.2, 0.25) is 0 Å². The summed E-state index contributed by atoms with van der Waals surface area (Å²) in [6.07, 6.45) is 0. The monoisotopic (exact) mass is 305 g/mol. The summed E-state index contributed by atoms with van der Waals surface area (Å²) in [6.45, 7) is 3.66. The first-order valence-corrected chi connectivity index (χ1v) is 7.03. The van der Waals surface area contributed by atoms with Gasteiger partial charge in [-0.15, -0.1) is 0 Å². The van der Waals surface area contributed by atoms with Crippen LogP contribution in [0.2, 0.25) is 0 Å². The zero-order chi connectivity index (χ0) is 15.4. The Labute approximate surface area is 126 Å². The minimum atomic E-state index is -0.386. The molecule has 2 aromatic rings. The molecule has 0 aliphatic carbocycles. The molecule has 6 nitrogen and oxygen atoms in total. The van der Waals surface area contributed by atoms with Crippen molar-refractivity contribution in [3.05, 3.63) is 47.6 Å². The molecule has 1 saturated heterocycles. The van der Waals surface area contributed by atoms with E-state index < -0.39 is 0 Å². The number of benzene rings is 1. The number of aromatic nitrogens is 1. The number of nitrogens with one attached hydrogen (secondary N) is 1. The number of carbonyl (C=O) groups is 1. The van der Waals surface area contributed by atoms with Crippen LogP contribution in [0.4, 0.5) is 10.1 Å². The van der Waals surface area contributed by atoms with Crippen molar-refractivity contribution in [1.82, 2.24) is 10.1 Å². The van der Waals surface area contributed by atoms with E-state index >= 15 is 0 Å². The first kappa shape index (κ1) is 14.7. The van der Waals surface area contributed by atoms with Gasteiger partial charge in [0.05, 0.1) is 19.8 Å². The Bertz CT molecular complexity index is 636. The molecule has 1 N–H and O–H groups in total. The second-order valence-corrected chi connectivity index (χ2v) is 5.03. The number of hydrogen-bond donors (Lipinski definition) is 1. The molecule has 1 aromatic carbocycles. The van der Waals surface area contributed by atoms with E-state index in [2.05, 4.69) is 15.4 Å². The van der Waals surface area contributed by atoms with Gasteiger partial charge in [-0.1, -0.05) is 5.16 Å². The molecule has 1 aliphatic heterocycles. The molecule has 0 unspecified atom stereocenters. The Balaban J connectivity index is 1.60. The van der Waals surface area contributed by atoms with Gasteiger partial charge in [0.25, 0.3) is 5.91 Å². The fourth-order valence-corrected chi connectivity index (χ4v) is 2.20. The normalized spacial score (nSPS) is 15.7. The van der Waals surface area contributed by atoms with Crippen molar-refractivity contribution < 1.29 is 18.4 Å². The van der Waals surface area contributed by atoms with Gasteiger partial charge in [-0.3, -0.25) is 9.69 Å². The highest BCUT2D eigenvalue weighted by molar-refractivity contribution is 6.02. The number of hydrogen-bond acceptors (Lipinski definition) is 5. The van der Waals surface area contributed by atoms with Crippen molar-refractivity contribution in [3.63, 3.8) is 0 Å². The number of morpholine rings is 1. The lowest BCUT2D eigenvalue weighted by Crippen LogP contribution is -2.35. The maximum absolute atomic E-state index is 12.8. The minimum Gasteiger partial charge on any atom is -0.379 e. The summed E-state index contributed by atoms with van der Waals surface area (Å²) in [5.74, 6) is -0.109. The summed E-state index contributed by atoms with van der Waals surface area (Å²) >= 11 is 0. The van der Waals surface area contributed by atoms with Gasteiger partial charge < -0.3 is 14.6 Å². The SMILES string of the molecule is O=C(Nc1ccc(F)cc1)c1cc(CN2CCOCC2)on1. The highest BCUT2D eigenvalue weighted by atomic mass is 19.1. The van der Waals surface area contributed by atoms with Crippen molar-refractivity contribution in [2.75, 3.05) is 31.6 Å². The molecule has 116 valence electrons. The standard InChI is InChI=1S/C15H16FN3O3/c16-11-1-3-12(4-2-11)17-15(20)14-9-13(22-18-14)10-19-5-7-21-8-6-19/h1-4,9H,5-8,10H2,(H,17,20). The van der Waals surface area contributed by atoms with Gasteiger partial charge in [-0.05, 0) is 24.3 Å². The van der Waals surface area contributed by atoms with Crippen LogP contribution in [0, 0.1) is 5.82 Å². The third-order valence-electron chi connectivity index (χ3n) is 3.38. The molecule has 22 heavy (non-hydrogen) atoms. The molecular formula is C15H16FN3O3. The zero-order valence-corrected chi connectivity index (χ0v) is 11.9. The molecule has 7 heteroatoms. The molecule has 0 atom stereocenters. The highest BCUT2D eigenvalue weighted by Gasteiger charge is 2.16. The number of halogens is 1. The number of carbonyl (C=O) groups excluding carboxylic acids is 1. The molecule has 2 heterocycles. The van der Waals surface area contributed by atoms with Crippen LogP contribution in [0.25, 0.3) is 0 Å². The van der Waals surface area contributed by atoms with E-state index in [0.717, 1.165) is 13.1 Å². The predicted octanol–water partition coefficient (Wildman–Crippen LogP) is 1.90. The summed E-state index contributed by atoms with van der Waals surface area (Å²) in [5.41, 5.74) is 0.705. The average Bonchev–Trinajstić information content (AvgIpc) is 2.99. The molecule has 3 rings (SSSR count). The smallest absolute Gasteiger partial charge is 0.277 e. The number of nitrogens with zero attached hydrogens (tertiary/aromatic N) is 2. The second-order valence-electron chi connectivity index (χ2n) is 5.03. The molecule has 1 fully saturated rings. The van der Waals surface area contributed by atoms with E-state index in [1.54, 1.807) is 6.07 Å². The van der Waals surface area contributed by atoms with E-state index in [-0.39, 0.29) is 17.4 Å². The molecule has 0 saturated carbocycles. The van der Waals surface area contributed by atoms with Crippen molar-refractivity contribution in [3.8, 4) is 0 Å². The summed E-state index contributed by atoms with van der Waals surface area (Å²) < 4.78 is 23.3. The Morgan fingerprint density at radius 3 is 2.73 bits per heavy atom. The fourth-order valence-electron chi connectivity index (χ4n) is 2.20. The van der Waals surface area contributed by atoms with Crippen LogP contribution in [0.5, 0.6) is 0 Å². The zero-order valence-electron chi connectivity index (χ0n) is 11.9. The van der Waals surface area contributed by atoms with Crippen LogP contribution in [0.3, 0.4) is 0 Å². The van der Waals surface area contributed by atoms with Crippen LogP contribution in [-0.4, -0.2) is 42.3 Å². The average molecular weight is 305 g/mol. The van der Waals surface area contributed by atoms with E-state index in [4.69, 9.17) is 9.26 Å². The number of rotatable bonds is 4. The van der Waals surface area contributed by atoms with E-state index in [9.17, 15) is 9.18 Å². The highest BCUT2D eigenvalue weighted by Crippen LogP contribution is 2.12. The van der Waals surface area contributed by atoms with Crippen molar-refractivity contribution >= 4 is 11.6 Å². The third-order valence-corrected chi connectivity index (χ3v) is 3.38. The molecule has 0 radical (unpaired) electrons. The lowest BCUT2D eigenvalue weighted by atomic mass is 10.3. The van der Waals surface area contributed by atoms with Crippen LogP contribution in [-0.2, 0) is 11.3 Å². The summed E-state index contributed by atoms with van der Waals surface area (Å²) in [4.78, 5) is 14.2. The van der Waals surface area contributed by atoms with Crippen molar-refractivity contribution in [1.29, 1.82) is 0 Å². The Hall–Kier alpha value is -2.25. The third kappa shape index (κ3) is 3.69. The van der Waals surface area contributed by atoms with Crippen LogP contribution < -0.4 is 5.32 Å². The second kappa shape index (κ2) is 6.67. The fraction of sp³-hybridized carbons (Fsp3) is 0.333. The molecule has 1 aromatic heterocycles. The van der Waals surface area contributed by atoms with Gasteiger partial charge >= 0.3 is 0 Å². The Kier molecular flexibility index (Phi) is 4.45. The minimum absolute atomic E-state index is 0.201. The molecular weight excluding hydrogens is 289 g/mol. The first-order valence-electron chi connectivity index (χ1n) is 7.03. The van der Waals surface area contributed by atoms with Crippen molar-refractivity contribution in [2.24, 2.45) is 0 Å². The summed E-state index contributed by atoms with van der Waals surface area (Å²) in [5, 5.41) is 6.42. The van der Waals surface area contributed by atoms with Crippen LogP contribution in [0.1, 0.15) is 16.2 Å². The van der Waals surface area contributed by atoms with Gasteiger partial charge in [-0.2, -0.15) is 0 Å². The first-order chi connectivity index (χ1) is 10.7.